The lowest BCUT2D eigenvalue weighted by Crippen LogP contribution is -2.46. The molecule has 0 amide bonds. The third kappa shape index (κ3) is 5.47. The number of thiocarbonyl (C=S) groups is 1. The van der Waals surface area contributed by atoms with E-state index >= 15 is 0 Å². The predicted octanol–water partition coefficient (Wildman–Crippen LogP) is 4.84. The van der Waals surface area contributed by atoms with Crippen LogP contribution in [-0.2, 0) is 4.74 Å². The molecule has 1 aromatic heterocycles. The lowest BCUT2D eigenvalue weighted by molar-refractivity contribution is 0.188. The lowest BCUT2D eigenvalue weighted by atomic mass is 9.94. The largest absolute Gasteiger partial charge is 0.497 e. The summed E-state index contributed by atoms with van der Waals surface area (Å²) in [6.45, 7) is 5.96. The van der Waals surface area contributed by atoms with E-state index in [0.29, 0.717) is 36.6 Å². The molecule has 4 rings (SSSR count). The van der Waals surface area contributed by atoms with Crippen LogP contribution in [0, 0.1) is 0 Å². The molecule has 2 heterocycles. The summed E-state index contributed by atoms with van der Waals surface area (Å²) < 4.78 is 21.9. The molecule has 3 aromatic rings. The van der Waals surface area contributed by atoms with E-state index in [9.17, 15) is 0 Å². The minimum absolute atomic E-state index is 0.249. The zero-order chi connectivity index (χ0) is 24.8. The Kier molecular flexibility index (Phi) is 7.99. The van der Waals surface area contributed by atoms with E-state index in [1.54, 1.807) is 14.2 Å². The van der Waals surface area contributed by atoms with E-state index in [0.717, 1.165) is 40.3 Å². The molecular weight excluding hydrogens is 464 g/mol. The Balaban J connectivity index is 1.72. The first-order chi connectivity index (χ1) is 17.0. The van der Waals surface area contributed by atoms with Crippen molar-refractivity contribution in [2.24, 2.45) is 0 Å². The van der Waals surface area contributed by atoms with Gasteiger partial charge >= 0.3 is 0 Å². The van der Waals surface area contributed by atoms with Crippen LogP contribution >= 0.6 is 12.2 Å². The Hall–Kier alpha value is -3.43. The van der Waals surface area contributed by atoms with Gasteiger partial charge in [0.15, 0.2) is 5.11 Å². The molecule has 1 aliphatic rings. The van der Waals surface area contributed by atoms with Gasteiger partial charge in [-0.1, -0.05) is 17.3 Å². The van der Waals surface area contributed by atoms with E-state index in [4.69, 9.17) is 35.9 Å². The van der Waals surface area contributed by atoms with Crippen LogP contribution in [0.25, 0.3) is 17.0 Å². The number of aromatic nitrogens is 2. The standard InChI is InChI=1S/C26H30N4O4S/c1-5-33-21-13-9-19(10-14-21)24-28-25(34-29-24)22-17(2)30(15-6-16-31-3)26(35)27-23(22)18-7-11-20(32-4)12-8-18/h7-14,23H,5-6,15-16H2,1-4H3,(H,27,35). The van der Waals surface area contributed by atoms with Crippen LogP contribution < -0.4 is 14.8 Å². The van der Waals surface area contributed by atoms with E-state index in [1.807, 2.05) is 62.4 Å². The fourth-order valence-corrected chi connectivity index (χ4v) is 4.40. The van der Waals surface area contributed by atoms with Crippen molar-refractivity contribution >= 4 is 22.9 Å². The van der Waals surface area contributed by atoms with E-state index in [-0.39, 0.29) is 6.04 Å². The quantitative estimate of drug-likeness (QED) is 0.314. The van der Waals surface area contributed by atoms with Gasteiger partial charge in [-0.05, 0) is 74.4 Å². The zero-order valence-electron chi connectivity index (χ0n) is 20.4. The van der Waals surface area contributed by atoms with Gasteiger partial charge in [0, 0.05) is 31.5 Å². The van der Waals surface area contributed by atoms with Crippen molar-refractivity contribution in [3.05, 3.63) is 65.7 Å². The van der Waals surface area contributed by atoms with Gasteiger partial charge in [0.25, 0.3) is 5.89 Å². The highest BCUT2D eigenvalue weighted by Crippen LogP contribution is 2.38. The summed E-state index contributed by atoms with van der Waals surface area (Å²) in [4.78, 5) is 6.82. The Bertz CT molecular complexity index is 1170. The average molecular weight is 495 g/mol. The molecule has 1 aliphatic heterocycles. The molecule has 0 bridgehead atoms. The van der Waals surface area contributed by atoms with Crippen LogP contribution in [0.3, 0.4) is 0 Å². The molecule has 0 saturated carbocycles. The summed E-state index contributed by atoms with van der Waals surface area (Å²) in [7, 11) is 3.35. The van der Waals surface area contributed by atoms with Crippen molar-refractivity contribution in [2.75, 3.05) is 34.0 Å². The summed E-state index contributed by atoms with van der Waals surface area (Å²) in [5.41, 5.74) is 3.71. The van der Waals surface area contributed by atoms with Gasteiger partial charge in [-0.2, -0.15) is 4.98 Å². The number of nitrogens with one attached hydrogen (secondary N) is 1. The second kappa shape index (κ2) is 11.3. The Morgan fingerprint density at radius 2 is 1.77 bits per heavy atom. The van der Waals surface area contributed by atoms with Crippen molar-refractivity contribution in [3.8, 4) is 22.9 Å². The maximum Gasteiger partial charge on any atom is 0.258 e. The molecule has 0 saturated heterocycles. The molecule has 0 aliphatic carbocycles. The molecule has 1 unspecified atom stereocenters. The number of hydrogen-bond acceptors (Lipinski definition) is 7. The Morgan fingerprint density at radius 1 is 1.06 bits per heavy atom. The highest BCUT2D eigenvalue weighted by molar-refractivity contribution is 7.80. The molecule has 0 radical (unpaired) electrons. The number of methoxy groups -OCH3 is 2. The number of allylic oxidation sites excluding steroid dienone is 1. The molecule has 8 nitrogen and oxygen atoms in total. The number of ether oxygens (including phenoxy) is 3. The van der Waals surface area contributed by atoms with Crippen LogP contribution in [0.2, 0.25) is 0 Å². The number of rotatable bonds is 10. The summed E-state index contributed by atoms with van der Waals surface area (Å²) in [6.07, 6.45) is 0.831. The van der Waals surface area contributed by atoms with Gasteiger partial charge in [0.2, 0.25) is 5.82 Å². The third-order valence-electron chi connectivity index (χ3n) is 5.86. The van der Waals surface area contributed by atoms with Crippen molar-refractivity contribution in [2.45, 2.75) is 26.3 Å². The highest BCUT2D eigenvalue weighted by Gasteiger charge is 2.34. The minimum atomic E-state index is -0.249. The maximum atomic E-state index is 5.80. The van der Waals surface area contributed by atoms with Gasteiger partial charge in [-0.3, -0.25) is 0 Å². The third-order valence-corrected chi connectivity index (χ3v) is 6.19. The fourth-order valence-electron chi connectivity index (χ4n) is 4.06. The number of nitrogens with zero attached hydrogens (tertiary/aromatic N) is 3. The first-order valence-corrected chi connectivity index (χ1v) is 12.0. The van der Waals surface area contributed by atoms with Gasteiger partial charge < -0.3 is 29.0 Å². The molecule has 184 valence electrons. The summed E-state index contributed by atoms with van der Waals surface area (Å²) in [6, 6.07) is 15.3. The van der Waals surface area contributed by atoms with Crippen molar-refractivity contribution in [3.63, 3.8) is 0 Å². The highest BCUT2D eigenvalue weighted by atomic mass is 32.1. The smallest absolute Gasteiger partial charge is 0.258 e. The summed E-state index contributed by atoms with van der Waals surface area (Å²) in [5, 5.41) is 8.38. The molecular formula is C26H30N4O4S. The topological polar surface area (TPSA) is 81.9 Å². The first kappa shape index (κ1) is 24.7. The summed E-state index contributed by atoms with van der Waals surface area (Å²) in [5.74, 6) is 2.54. The van der Waals surface area contributed by atoms with Crippen LogP contribution in [0.5, 0.6) is 11.5 Å². The van der Waals surface area contributed by atoms with Gasteiger partial charge in [0.05, 0.1) is 25.3 Å². The summed E-state index contributed by atoms with van der Waals surface area (Å²) >= 11 is 5.73. The fraction of sp³-hybridized carbons (Fsp3) is 0.346. The molecule has 0 fully saturated rings. The van der Waals surface area contributed by atoms with Gasteiger partial charge in [-0.25, -0.2) is 0 Å². The molecule has 0 spiro atoms. The maximum absolute atomic E-state index is 5.80. The zero-order valence-corrected chi connectivity index (χ0v) is 21.2. The number of benzene rings is 2. The molecule has 2 aromatic carbocycles. The van der Waals surface area contributed by atoms with Crippen LogP contribution in [-0.4, -0.2) is 54.1 Å². The first-order valence-electron chi connectivity index (χ1n) is 11.5. The van der Waals surface area contributed by atoms with Crippen LogP contribution in [0.4, 0.5) is 0 Å². The van der Waals surface area contributed by atoms with E-state index in [1.165, 1.54) is 0 Å². The minimum Gasteiger partial charge on any atom is -0.497 e. The lowest BCUT2D eigenvalue weighted by Gasteiger charge is -2.37. The SMILES string of the molecule is CCOc1ccc(-c2noc(C3=C(C)N(CCCOC)C(=S)NC3c3ccc(OC)cc3)n2)cc1. The molecule has 1 N–H and O–H groups in total. The molecule has 35 heavy (non-hydrogen) atoms. The van der Waals surface area contributed by atoms with Crippen LogP contribution in [0.15, 0.2) is 58.8 Å². The average Bonchev–Trinajstić information content (AvgIpc) is 3.36. The van der Waals surface area contributed by atoms with Crippen molar-refractivity contribution in [1.82, 2.24) is 20.4 Å². The Labute approximate surface area is 210 Å². The van der Waals surface area contributed by atoms with Crippen molar-refractivity contribution < 1.29 is 18.7 Å². The van der Waals surface area contributed by atoms with E-state index < -0.39 is 0 Å². The monoisotopic (exact) mass is 494 g/mol. The number of hydrogen-bond donors (Lipinski definition) is 1. The van der Waals surface area contributed by atoms with Crippen LogP contribution in [0.1, 0.15) is 37.8 Å². The van der Waals surface area contributed by atoms with Crippen molar-refractivity contribution in [1.29, 1.82) is 0 Å². The Morgan fingerprint density at radius 3 is 2.43 bits per heavy atom. The molecule has 1 atom stereocenters. The van der Waals surface area contributed by atoms with Gasteiger partial charge in [-0.15, -0.1) is 0 Å². The normalized spacial score (nSPS) is 15.8. The van der Waals surface area contributed by atoms with E-state index in [2.05, 4.69) is 15.4 Å². The molecule has 9 heteroatoms. The predicted molar refractivity (Wildman–Crippen MR) is 138 cm³/mol. The second-order valence-electron chi connectivity index (χ2n) is 8.03. The second-order valence-corrected chi connectivity index (χ2v) is 8.42. The van der Waals surface area contributed by atoms with Gasteiger partial charge in [0.1, 0.15) is 11.5 Å².